The van der Waals surface area contributed by atoms with E-state index in [0.717, 1.165) is 29.1 Å². The molecule has 1 unspecified atom stereocenters. The second kappa shape index (κ2) is 6.90. The van der Waals surface area contributed by atoms with Crippen LogP contribution in [-0.2, 0) is 11.4 Å². The normalized spacial score (nSPS) is 12.3. The number of fused-ring (bicyclic) bond motifs is 1. The van der Waals surface area contributed by atoms with Crippen molar-refractivity contribution in [3.63, 3.8) is 0 Å². The number of nitrogens with zero attached hydrogens (tertiary/aromatic N) is 1. The molecule has 2 N–H and O–H groups in total. The smallest absolute Gasteiger partial charge is 0.257 e. The Kier molecular flexibility index (Phi) is 4.43. The summed E-state index contributed by atoms with van der Waals surface area (Å²) in [5, 5.41) is 3.35. The van der Waals surface area contributed by atoms with Crippen molar-refractivity contribution in [2.75, 3.05) is 5.32 Å². The number of H-pyrrole nitrogens is 1. The van der Waals surface area contributed by atoms with Crippen LogP contribution in [0.3, 0.4) is 0 Å². The molecule has 0 aliphatic rings. The molecule has 0 fully saturated rings. The van der Waals surface area contributed by atoms with Crippen molar-refractivity contribution < 1.29 is 18.1 Å². The van der Waals surface area contributed by atoms with E-state index in [1.165, 1.54) is 22.4 Å². The molecular formula is C19H13F2N3O2S. The highest BCUT2D eigenvalue weighted by Gasteiger charge is 2.18. The third-order valence-electron chi connectivity index (χ3n) is 3.97. The number of aromatic amines is 1. The van der Waals surface area contributed by atoms with Gasteiger partial charge in [-0.15, -0.1) is 0 Å². The average Bonchev–Trinajstić information content (AvgIpc) is 3.29. The lowest BCUT2D eigenvalue weighted by Gasteiger charge is -2.10. The van der Waals surface area contributed by atoms with Crippen LogP contribution < -0.4 is 5.32 Å². The SMILES string of the molecule is O=C(Nc1cc(F)cc(F)c1)c1ccn([S+]([O-])c2ccc3[nH]ccc3c2)c1. The van der Waals surface area contributed by atoms with Gasteiger partial charge in [-0.3, -0.25) is 4.79 Å². The minimum absolute atomic E-state index is 0.00396. The van der Waals surface area contributed by atoms with Crippen LogP contribution in [0.25, 0.3) is 10.9 Å². The van der Waals surface area contributed by atoms with Gasteiger partial charge in [0.2, 0.25) is 0 Å². The second-order valence-corrected chi connectivity index (χ2v) is 7.24. The van der Waals surface area contributed by atoms with Crippen LogP contribution in [0.15, 0.2) is 72.0 Å². The number of benzene rings is 2. The van der Waals surface area contributed by atoms with Crippen molar-refractivity contribution in [3.05, 3.63) is 84.3 Å². The van der Waals surface area contributed by atoms with Gasteiger partial charge in [-0.2, -0.15) is 3.97 Å². The molecule has 5 nitrogen and oxygen atoms in total. The summed E-state index contributed by atoms with van der Waals surface area (Å²) in [5.74, 6) is -2.13. The highest BCUT2D eigenvalue weighted by Crippen LogP contribution is 2.21. The maximum atomic E-state index is 13.2. The fraction of sp³-hybridized carbons (Fsp3) is 0. The highest BCUT2D eigenvalue weighted by atomic mass is 32.2. The van der Waals surface area contributed by atoms with Crippen LogP contribution in [-0.4, -0.2) is 19.4 Å². The fourth-order valence-corrected chi connectivity index (χ4v) is 3.74. The molecule has 2 heterocycles. The third-order valence-corrected chi connectivity index (χ3v) is 5.24. The predicted octanol–water partition coefficient (Wildman–Crippen LogP) is 4.07. The van der Waals surface area contributed by atoms with Crippen molar-refractivity contribution in [3.8, 4) is 0 Å². The first kappa shape index (κ1) is 17.3. The Morgan fingerprint density at radius 3 is 2.63 bits per heavy atom. The van der Waals surface area contributed by atoms with Gasteiger partial charge in [0.05, 0.1) is 18.0 Å². The van der Waals surface area contributed by atoms with E-state index in [1.807, 2.05) is 12.1 Å². The third kappa shape index (κ3) is 3.57. The average molecular weight is 385 g/mol. The summed E-state index contributed by atoms with van der Waals surface area (Å²) >= 11 is -1.53. The molecule has 8 heteroatoms. The standard InChI is InChI=1S/C19H13F2N3O2S/c20-14-8-15(21)10-16(9-14)23-19(25)13-4-6-24(11-13)27(26)17-1-2-18-12(7-17)3-5-22-18/h1-11,22H,(H,23,25). The number of halogens is 2. The van der Waals surface area contributed by atoms with Crippen LogP contribution >= 0.6 is 0 Å². The molecule has 2 aromatic heterocycles. The second-order valence-electron chi connectivity index (χ2n) is 5.85. The van der Waals surface area contributed by atoms with Gasteiger partial charge in [0.15, 0.2) is 4.90 Å². The first-order chi connectivity index (χ1) is 13.0. The largest absolute Gasteiger partial charge is 0.587 e. The van der Waals surface area contributed by atoms with Gasteiger partial charge in [0, 0.05) is 34.9 Å². The highest BCUT2D eigenvalue weighted by molar-refractivity contribution is 7.90. The van der Waals surface area contributed by atoms with Crippen LogP contribution in [0.1, 0.15) is 10.4 Å². The Morgan fingerprint density at radius 2 is 1.85 bits per heavy atom. The molecule has 0 saturated carbocycles. The van der Waals surface area contributed by atoms with Crippen LogP contribution in [0.4, 0.5) is 14.5 Å². The molecule has 4 aromatic rings. The number of carbonyl (C=O) groups is 1. The Morgan fingerprint density at radius 1 is 1.07 bits per heavy atom. The quantitative estimate of drug-likeness (QED) is 0.520. The van der Waals surface area contributed by atoms with Gasteiger partial charge < -0.3 is 14.9 Å². The van der Waals surface area contributed by atoms with E-state index >= 15 is 0 Å². The lowest BCUT2D eigenvalue weighted by molar-refractivity contribution is 0.102. The Bertz CT molecular complexity index is 1120. The minimum atomic E-state index is -1.53. The number of amides is 1. The summed E-state index contributed by atoms with van der Waals surface area (Å²) < 4.78 is 40.6. The molecule has 2 aromatic carbocycles. The van der Waals surface area contributed by atoms with Gasteiger partial charge in [0.25, 0.3) is 5.91 Å². The lowest BCUT2D eigenvalue weighted by atomic mass is 10.2. The summed E-state index contributed by atoms with van der Waals surface area (Å²) in [4.78, 5) is 15.9. The topological polar surface area (TPSA) is 72.9 Å². The number of carbonyl (C=O) groups excluding carboxylic acids is 1. The molecule has 0 bridgehead atoms. The number of anilines is 1. The van der Waals surface area contributed by atoms with E-state index in [1.54, 1.807) is 18.3 Å². The van der Waals surface area contributed by atoms with Crippen molar-refractivity contribution in [1.82, 2.24) is 8.96 Å². The number of hydrogen-bond acceptors (Lipinski definition) is 2. The van der Waals surface area contributed by atoms with Crippen molar-refractivity contribution in [1.29, 1.82) is 0 Å². The molecule has 1 atom stereocenters. The summed E-state index contributed by atoms with van der Waals surface area (Å²) in [6.45, 7) is 0. The molecule has 0 spiro atoms. The molecule has 136 valence electrons. The number of aromatic nitrogens is 2. The van der Waals surface area contributed by atoms with Crippen molar-refractivity contribution in [2.45, 2.75) is 4.90 Å². The number of hydrogen-bond donors (Lipinski definition) is 2. The molecule has 0 saturated heterocycles. The van der Waals surface area contributed by atoms with Gasteiger partial charge in [-0.25, -0.2) is 8.78 Å². The fourth-order valence-electron chi connectivity index (χ4n) is 2.71. The predicted molar refractivity (Wildman–Crippen MR) is 98.8 cm³/mol. The molecule has 0 aliphatic carbocycles. The zero-order valence-electron chi connectivity index (χ0n) is 13.8. The summed E-state index contributed by atoms with van der Waals surface area (Å²) in [6, 6.07) is 11.5. The first-order valence-corrected chi connectivity index (χ1v) is 9.05. The van der Waals surface area contributed by atoms with Crippen LogP contribution in [0.5, 0.6) is 0 Å². The lowest BCUT2D eigenvalue weighted by Crippen LogP contribution is -2.13. The summed E-state index contributed by atoms with van der Waals surface area (Å²) in [7, 11) is 0. The number of rotatable bonds is 4. The summed E-state index contributed by atoms with van der Waals surface area (Å²) in [5.41, 5.74) is 1.16. The van der Waals surface area contributed by atoms with Gasteiger partial charge >= 0.3 is 0 Å². The molecule has 27 heavy (non-hydrogen) atoms. The van der Waals surface area contributed by atoms with E-state index in [9.17, 15) is 18.1 Å². The van der Waals surface area contributed by atoms with Crippen molar-refractivity contribution >= 4 is 33.9 Å². The molecule has 1 amide bonds. The van der Waals surface area contributed by atoms with Gasteiger partial charge in [-0.1, -0.05) is 0 Å². The monoisotopic (exact) mass is 385 g/mol. The van der Waals surface area contributed by atoms with Gasteiger partial charge in [-0.05, 0) is 36.4 Å². The van der Waals surface area contributed by atoms with Crippen LogP contribution in [0, 0.1) is 11.6 Å². The zero-order valence-corrected chi connectivity index (χ0v) is 14.6. The van der Waals surface area contributed by atoms with E-state index in [-0.39, 0.29) is 11.3 Å². The summed E-state index contributed by atoms with van der Waals surface area (Å²) in [6.07, 6.45) is 4.73. The Balaban J connectivity index is 1.54. The van der Waals surface area contributed by atoms with E-state index in [0.29, 0.717) is 4.90 Å². The first-order valence-electron chi connectivity index (χ1n) is 7.94. The van der Waals surface area contributed by atoms with E-state index in [2.05, 4.69) is 10.3 Å². The minimum Gasteiger partial charge on any atom is -0.587 e. The molecule has 0 aliphatic heterocycles. The van der Waals surface area contributed by atoms with Gasteiger partial charge in [0.1, 0.15) is 23.0 Å². The van der Waals surface area contributed by atoms with Crippen molar-refractivity contribution in [2.24, 2.45) is 0 Å². The maximum absolute atomic E-state index is 13.2. The number of nitrogens with one attached hydrogen (secondary N) is 2. The zero-order chi connectivity index (χ0) is 19.0. The van der Waals surface area contributed by atoms with E-state index < -0.39 is 28.9 Å². The van der Waals surface area contributed by atoms with E-state index in [4.69, 9.17) is 0 Å². The molecule has 4 rings (SSSR count). The van der Waals surface area contributed by atoms with Crippen LogP contribution in [0.2, 0.25) is 0 Å². The Labute approximate surface area is 155 Å². The molecule has 0 radical (unpaired) electrons. The molecular weight excluding hydrogens is 372 g/mol. The Hall–Kier alpha value is -3.10. The maximum Gasteiger partial charge on any atom is 0.257 e.